The SMILES string of the molecule is O=C(N/N=C\c1ccccc1F)c1ccc(-n2cnc3sc4c(c3c2=O)CCCC4)cc1. The molecule has 1 aliphatic carbocycles. The first-order chi connectivity index (χ1) is 15.6. The number of hydrogen-bond acceptors (Lipinski definition) is 5. The van der Waals surface area contributed by atoms with Gasteiger partial charge < -0.3 is 0 Å². The fourth-order valence-electron chi connectivity index (χ4n) is 3.91. The Morgan fingerprint density at radius 2 is 1.91 bits per heavy atom. The number of fused-ring (bicyclic) bond motifs is 3. The van der Waals surface area contributed by atoms with Crippen molar-refractivity contribution < 1.29 is 9.18 Å². The number of hydrogen-bond donors (Lipinski definition) is 1. The average molecular weight is 447 g/mol. The van der Waals surface area contributed by atoms with E-state index in [4.69, 9.17) is 0 Å². The van der Waals surface area contributed by atoms with Crippen LogP contribution < -0.4 is 11.0 Å². The molecule has 2 aromatic carbocycles. The molecule has 8 heteroatoms. The van der Waals surface area contributed by atoms with Crippen LogP contribution in [-0.2, 0) is 12.8 Å². The number of hydrazone groups is 1. The molecular formula is C24H19FN4O2S. The highest BCUT2D eigenvalue weighted by atomic mass is 32.1. The summed E-state index contributed by atoms with van der Waals surface area (Å²) in [6.45, 7) is 0. The molecule has 6 nitrogen and oxygen atoms in total. The van der Waals surface area contributed by atoms with Gasteiger partial charge in [0.1, 0.15) is 17.0 Å². The summed E-state index contributed by atoms with van der Waals surface area (Å²) in [5.74, 6) is -0.852. The zero-order valence-corrected chi connectivity index (χ0v) is 17.9. The van der Waals surface area contributed by atoms with Crippen LogP contribution in [0.2, 0.25) is 0 Å². The number of amides is 1. The first-order valence-corrected chi connectivity index (χ1v) is 11.1. The Hall–Kier alpha value is -3.65. The van der Waals surface area contributed by atoms with Gasteiger partial charge in [0.05, 0.1) is 17.3 Å². The Bertz CT molecular complexity index is 1410. The van der Waals surface area contributed by atoms with Crippen LogP contribution in [0, 0.1) is 5.82 Å². The predicted octanol–water partition coefficient (Wildman–Crippen LogP) is 4.23. The maximum Gasteiger partial charge on any atom is 0.271 e. The van der Waals surface area contributed by atoms with Gasteiger partial charge in [0.25, 0.3) is 11.5 Å². The molecule has 0 saturated heterocycles. The number of halogens is 1. The van der Waals surface area contributed by atoms with Gasteiger partial charge >= 0.3 is 0 Å². The van der Waals surface area contributed by atoms with Crippen molar-refractivity contribution in [3.05, 3.63) is 92.6 Å². The number of benzene rings is 2. The Balaban J connectivity index is 1.37. The van der Waals surface area contributed by atoms with E-state index in [1.165, 1.54) is 21.7 Å². The van der Waals surface area contributed by atoms with Gasteiger partial charge in [0, 0.05) is 16.0 Å². The second-order valence-corrected chi connectivity index (χ2v) is 8.66. The minimum atomic E-state index is -0.433. The minimum absolute atomic E-state index is 0.0823. The topological polar surface area (TPSA) is 76.3 Å². The molecule has 0 spiro atoms. The van der Waals surface area contributed by atoms with Crippen molar-refractivity contribution in [1.82, 2.24) is 15.0 Å². The van der Waals surface area contributed by atoms with E-state index in [1.54, 1.807) is 60.1 Å². The molecule has 0 radical (unpaired) electrons. The highest BCUT2D eigenvalue weighted by Gasteiger charge is 2.20. The lowest BCUT2D eigenvalue weighted by Crippen LogP contribution is -2.20. The van der Waals surface area contributed by atoms with Crippen molar-refractivity contribution in [2.75, 3.05) is 0 Å². The van der Waals surface area contributed by atoms with Crippen LogP contribution in [0.5, 0.6) is 0 Å². The number of aromatic nitrogens is 2. The summed E-state index contributed by atoms with van der Waals surface area (Å²) in [5.41, 5.74) is 4.73. The van der Waals surface area contributed by atoms with E-state index in [0.717, 1.165) is 41.5 Å². The molecule has 1 aliphatic rings. The number of carbonyl (C=O) groups excluding carboxylic acids is 1. The zero-order chi connectivity index (χ0) is 22.1. The number of carbonyl (C=O) groups is 1. The average Bonchev–Trinajstić information content (AvgIpc) is 3.20. The van der Waals surface area contributed by atoms with Crippen molar-refractivity contribution in [1.29, 1.82) is 0 Å². The molecule has 1 N–H and O–H groups in total. The van der Waals surface area contributed by atoms with Gasteiger partial charge in [-0.2, -0.15) is 5.10 Å². The lowest BCUT2D eigenvalue weighted by molar-refractivity contribution is 0.0955. The standard InChI is InChI=1S/C24H19FN4O2S/c25-19-7-3-1-5-16(19)13-27-28-22(30)15-9-11-17(12-10-15)29-14-26-23-21(24(29)31)18-6-2-4-8-20(18)32-23/h1,3,5,7,9-14H,2,4,6,8H2,(H,28,30)/b27-13-. The maximum absolute atomic E-state index is 13.6. The lowest BCUT2D eigenvalue weighted by Gasteiger charge is -2.10. The van der Waals surface area contributed by atoms with E-state index in [9.17, 15) is 14.0 Å². The van der Waals surface area contributed by atoms with Crippen molar-refractivity contribution in [2.45, 2.75) is 25.7 Å². The summed E-state index contributed by atoms with van der Waals surface area (Å²) in [4.78, 5) is 32.1. The third-order valence-electron chi connectivity index (χ3n) is 5.56. The second-order valence-electron chi connectivity index (χ2n) is 7.58. The van der Waals surface area contributed by atoms with Crippen LogP contribution >= 0.6 is 11.3 Å². The Labute approximate surface area is 187 Å². The van der Waals surface area contributed by atoms with Crippen molar-refractivity contribution in [2.24, 2.45) is 5.10 Å². The molecule has 0 aliphatic heterocycles. The van der Waals surface area contributed by atoms with E-state index in [-0.39, 0.29) is 11.1 Å². The van der Waals surface area contributed by atoms with Gasteiger partial charge in [-0.25, -0.2) is 14.8 Å². The normalized spacial score (nSPS) is 13.4. The van der Waals surface area contributed by atoms with Crippen LogP contribution in [0.4, 0.5) is 4.39 Å². The Morgan fingerprint density at radius 3 is 2.72 bits per heavy atom. The summed E-state index contributed by atoms with van der Waals surface area (Å²) < 4.78 is 15.1. The van der Waals surface area contributed by atoms with Crippen molar-refractivity contribution in [3.63, 3.8) is 0 Å². The molecule has 0 bridgehead atoms. The van der Waals surface area contributed by atoms with E-state index in [1.807, 2.05) is 0 Å². The molecule has 1 amide bonds. The predicted molar refractivity (Wildman–Crippen MR) is 123 cm³/mol. The van der Waals surface area contributed by atoms with Gasteiger partial charge in [-0.05, 0) is 61.6 Å². The van der Waals surface area contributed by atoms with Gasteiger partial charge in [-0.15, -0.1) is 11.3 Å². The number of rotatable bonds is 4. The van der Waals surface area contributed by atoms with Gasteiger partial charge in [0.2, 0.25) is 0 Å². The molecular weight excluding hydrogens is 427 g/mol. The lowest BCUT2D eigenvalue weighted by atomic mass is 9.97. The minimum Gasteiger partial charge on any atom is -0.268 e. The summed E-state index contributed by atoms with van der Waals surface area (Å²) >= 11 is 1.62. The van der Waals surface area contributed by atoms with Crippen LogP contribution in [0.3, 0.4) is 0 Å². The van der Waals surface area contributed by atoms with Crippen LogP contribution in [0.1, 0.15) is 39.2 Å². The molecule has 160 valence electrons. The molecule has 0 saturated carbocycles. The Kier molecular flexibility index (Phi) is 5.36. The molecule has 5 rings (SSSR count). The van der Waals surface area contributed by atoms with Crippen molar-refractivity contribution in [3.8, 4) is 5.69 Å². The molecule has 0 unspecified atom stereocenters. The zero-order valence-electron chi connectivity index (χ0n) is 17.0. The molecule has 0 fully saturated rings. The van der Waals surface area contributed by atoms with Crippen LogP contribution in [-0.4, -0.2) is 21.7 Å². The first kappa shape index (κ1) is 20.3. The second kappa shape index (κ2) is 8.47. The van der Waals surface area contributed by atoms with E-state index < -0.39 is 11.7 Å². The Morgan fingerprint density at radius 1 is 1.12 bits per heavy atom. The maximum atomic E-state index is 13.6. The molecule has 2 aromatic heterocycles. The molecule has 0 atom stereocenters. The monoisotopic (exact) mass is 446 g/mol. The van der Waals surface area contributed by atoms with Gasteiger partial charge in [-0.3, -0.25) is 14.2 Å². The fourth-order valence-corrected chi connectivity index (χ4v) is 5.13. The molecule has 4 aromatic rings. The van der Waals surface area contributed by atoms with Crippen molar-refractivity contribution >= 4 is 33.7 Å². The fraction of sp³-hybridized carbons (Fsp3) is 0.167. The third kappa shape index (κ3) is 3.73. The molecule has 32 heavy (non-hydrogen) atoms. The number of aryl methyl sites for hydroxylation is 2. The van der Waals surface area contributed by atoms with Crippen LogP contribution in [0.15, 0.2) is 64.8 Å². The summed E-state index contributed by atoms with van der Waals surface area (Å²) in [6.07, 6.45) is 6.98. The summed E-state index contributed by atoms with van der Waals surface area (Å²) in [6, 6.07) is 12.8. The molecule has 2 heterocycles. The third-order valence-corrected chi connectivity index (χ3v) is 6.76. The summed E-state index contributed by atoms with van der Waals surface area (Å²) in [7, 11) is 0. The number of thiophene rings is 1. The van der Waals surface area contributed by atoms with Crippen LogP contribution in [0.25, 0.3) is 15.9 Å². The quantitative estimate of drug-likeness (QED) is 0.377. The van der Waals surface area contributed by atoms with Gasteiger partial charge in [0.15, 0.2) is 0 Å². The largest absolute Gasteiger partial charge is 0.271 e. The van der Waals surface area contributed by atoms with E-state index in [2.05, 4.69) is 15.5 Å². The first-order valence-electron chi connectivity index (χ1n) is 10.3. The van der Waals surface area contributed by atoms with Gasteiger partial charge in [-0.1, -0.05) is 18.2 Å². The van der Waals surface area contributed by atoms with E-state index >= 15 is 0 Å². The summed E-state index contributed by atoms with van der Waals surface area (Å²) in [5, 5.41) is 4.53. The smallest absolute Gasteiger partial charge is 0.268 e. The number of nitrogens with one attached hydrogen (secondary N) is 1. The highest BCUT2D eigenvalue weighted by Crippen LogP contribution is 2.33. The number of nitrogens with zero attached hydrogens (tertiary/aromatic N) is 3. The highest BCUT2D eigenvalue weighted by molar-refractivity contribution is 7.18. The van der Waals surface area contributed by atoms with E-state index in [0.29, 0.717) is 11.3 Å².